The Balaban J connectivity index is 1.98. The van der Waals surface area contributed by atoms with Crippen molar-refractivity contribution < 1.29 is 22.8 Å². The van der Waals surface area contributed by atoms with Gasteiger partial charge in [0.2, 0.25) is 5.91 Å². The molecular formula is C18H16ClF3N2O2S. The average Bonchev–Trinajstić information content (AvgIpc) is 2.98. The van der Waals surface area contributed by atoms with Gasteiger partial charge in [-0.2, -0.15) is 13.2 Å². The number of thiophene rings is 1. The highest BCUT2D eigenvalue weighted by Crippen LogP contribution is 2.40. The van der Waals surface area contributed by atoms with Crippen molar-refractivity contribution in [2.24, 2.45) is 0 Å². The fourth-order valence-corrected chi connectivity index (χ4v) is 4.45. The van der Waals surface area contributed by atoms with Crippen molar-refractivity contribution in [2.45, 2.75) is 31.9 Å². The van der Waals surface area contributed by atoms with Crippen LogP contribution in [0.15, 0.2) is 24.3 Å². The molecule has 27 heavy (non-hydrogen) atoms. The summed E-state index contributed by atoms with van der Waals surface area (Å²) in [6, 6.07) is 4.80. The summed E-state index contributed by atoms with van der Waals surface area (Å²) in [6.07, 6.45) is -1.32. The molecular weight excluding hydrogens is 401 g/mol. The van der Waals surface area contributed by atoms with Crippen LogP contribution in [0.4, 0.5) is 23.9 Å². The monoisotopic (exact) mass is 416 g/mol. The Morgan fingerprint density at radius 3 is 2.52 bits per heavy atom. The Hall–Kier alpha value is -2.06. The lowest BCUT2D eigenvalue weighted by atomic mass is 9.95. The maximum absolute atomic E-state index is 13.2. The summed E-state index contributed by atoms with van der Waals surface area (Å²) in [6.45, 7) is 0. The van der Waals surface area contributed by atoms with Crippen molar-refractivity contribution in [1.82, 2.24) is 0 Å². The van der Waals surface area contributed by atoms with Crippen molar-refractivity contribution in [3.8, 4) is 0 Å². The molecule has 1 heterocycles. The number of aryl methyl sites for hydroxylation is 1. The third kappa shape index (κ3) is 4.27. The van der Waals surface area contributed by atoms with Gasteiger partial charge in [0.05, 0.1) is 16.8 Å². The molecule has 0 atom stereocenters. The van der Waals surface area contributed by atoms with Gasteiger partial charge in [-0.3, -0.25) is 9.59 Å². The number of rotatable bonds is 4. The van der Waals surface area contributed by atoms with Gasteiger partial charge >= 0.3 is 6.18 Å². The first kappa shape index (κ1) is 19.7. The molecule has 0 aliphatic heterocycles. The van der Waals surface area contributed by atoms with Gasteiger partial charge in [-0.1, -0.05) is 12.1 Å². The van der Waals surface area contributed by atoms with Crippen LogP contribution in [-0.4, -0.2) is 17.7 Å². The van der Waals surface area contributed by atoms with Crippen LogP contribution in [0.5, 0.6) is 0 Å². The molecule has 2 aromatic rings. The molecule has 0 saturated carbocycles. The van der Waals surface area contributed by atoms with E-state index in [0.717, 1.165) is 35.8 Å². The van der Waals surface area contributed by atoms with Gasteiger partial charge in [-0.05, 0) is 43.4 Å². The topological polar surface area (TPSA) is 58.2 Å². The first-order chi connectivity index (χ1) is 12.8. The average molecular weight is 417 g/mol. The molecule has 1 aliphatic rings. The molecule has 0 radical (unpaired) electrons. The normalized spacial score (nSPS) is 13.8. The predicted octanol–water partition coefficient (Wildman–Crippen LogP) is 5.08. The van der Waals surface area contributed by atoms with Crippen LogP contribution in [0.3, 0.4) is 0 Å². The smallest absolute Gasteiger partial charge is 0.321 e. The fourth-order valence-electron chi connectivity index (χ4n) is 3.08. The van der Waals surface area contributed by atoms with Gasteiger partial charge in [0.15, 0.2) is 0 Å². The van der Waals surface area contributed by atoms with Crippen LogP contribution in [0.1, 0.15) is 39.2 Å². The summed E-state index contributed by atoms with van der Waals surface area (Å²) in [4.78, 5) is 25.5. The minimum Gasteiger partial charge on any atom is -0.321 e. The SMILES string of the molecule is O=C(CCl)Nc1sc2c(c1C(=O)Nc1ccccc1C(F)(F)F)CCCC2. The quantitative estimate of drug-likeness (QED) is 0.683. The second-order valence-electron chi connectivity index (χ2n) is 6.09. The van der Waals surface area contributed by atoms with Gasteiger partial charge in [0.1, 0.15) is 10.9 Å². The molecule has 4 nitrogen and oxygen atoms in total. The van der Waals surface area contributed by atoms with Gasteiger partial charge in [-0.25, -0.2) is 0 Å². The molecule has 0 saturated heterocycles. The number of carbonyl (C=O) groups is 2. The zero-order valence-electron chi connectivity index (χ0n) is 14.1. The lowest BCUT2D eigenvalue weighted by Gasteiger charge is -2.16. The maximum atomic E-state index is 13.2. The third-order valence-corrected chi connectivity index (χ3v) is 5.70. The molecule has 0 bridgehead atoms. The van der Waals surface area contributed by atoms with E-state index < -0.39 is 23.6 Å². The Kier molecular flexibility index (Phi) is 5.76. The summed E-state index contributed by atoms with van der Waals surface area (Å²) in [5, 5.41) is 5.29. The summed E-state index contributed by atoms with van der Waals surface area (Å²) in [5.41, 5.74) is -0.225. The highest BCUT2D eigenvalue weighted by atomic mass is 35.5. The molecule has 0 spiro atoms. The number of halogens is 4. The molecule has 0 unspecified atom stereocenters. The first-order valence-corrected chi connectivity index (χ1v) is 9.64. The molecule has 9 heteroatoms. The van der Waals surface area contributed by atoms with E-state index in [4.69, 9.17) is 11.6 Å². The highest BCUT2D eigenvalue weighted by Gasteiger charge is 2.34. The Bertz CT molecular complexity index is 880. The van der Waals surface area contributed by atoms with Gasteiger partial charge in [-0.15, -0.1) is 22.9 Å². The molecule has 1 aromatic carbocycles. The van der Waals surface area contributed by atoms with Gasteiger partial charge in [0.25, 0.3) is 5.91 Å². The lowest BCUT2D eigenvalue weighted by molar-refractivity contribution is -0.136. The van der Waals surface area contributed by atoms with E-state index in [0.29, 0.717) is 11.4 Å². The van der Waals surface area contributed by atoms with Crippen LogP contribution in [0.2, 0.25) is 0 Å². The molecule has 2 N–H and O–H groups in total. The van der Waals surface area contributed by atoms with E-state index in [1.807, 2.05) is 0 Å². The minimum atomic E-state index is -4.59. The molecule has 0 fully saturated rings. The van der Waals surface area contributed by atoms with E-state index in [2.05, 4.69) is 10.6 Å². The minimum absolute atomic E-state index is 0.227. The zero-order chi connectivity index (χ0) is 19.6. The maximum Gasteiger partial charge on any atom is 0.418 e. The number of hydrogen-bond acceptors (Lipinski definition) is 3. The molecule has 1 aliphatic carbocycles. The molecule has 144 valence electrons. The van der Waals surface area contributed by atoms with E-state index in [1.165, 1.54) is 29.5 Å². The Morgan fingerprint density at radius 1 is 1.11 bits per heavy atom. The second-order valence-corrected chi connectivity index (χ2v) is 7.47. The van der Waals surface area contributed by atoms with Crippen molar-refractivity contribution in [3.63, 3.8) is 0 Å². The number of carbonyl (C=O) groups excluding carboxylic acids is 2. The first-order valence-electron chi connectivity index (χ1n) is 8.29. The largest absolute Gasteiger partial charge is 0.418 e. The number of alkyl halides is 4. The van der Waals surface area contributed by atoms with E-state index in [1.54, 1.807) is 0 Å². The zero-order valence-corrected chi connectivity index (χ0v) is 15.7. The van der Waals surface area contributed by atoms with Crippen LogP contribution in [0, 0.1) is 0 Å². The van der Waals surface area contributed by atoms with Crippen molar-refractivity contribution in [2.75, 3.05) is 16.5 Å². The number of para-hydroxylation sites is 1. The summed E-state index contributed by atoms with van der Waals surface area (Å²) < 4.78 is 39.6. The predicted molar refractivity (Wildman–Crippen MR) is 99.7 cm³/mol. The van der Waals surface area contributed by atoms with E-state index >= 15 is 0 Å². The summed E-state index contributed by atoms with van der Waals surface area (Å²) >= 11 is 6.81. The second kappa shape index (κ2) is 7.90. The van der Waals surface area contributed by atoms with Gasteiger partial charge < -0.3 is 10.6 Å². The lowest BCUT2D eigenvalue weighted by Crippen LogP contribution is -2.20. The van der Waals surface area contributed by atoms with Crippen molar-refractivity contribution in [3.05, 3.63) is 45.8 Å². The number of fused-ring (bicyclic) bond motifs is 1. The third-order valence-electron chi connectivity index (χ3n) is 4.25. The summed E-state index contributed by atoms with van der Waals surface area (Å²) in [7, 11) is 0. The van der Waals surface area contributed by atoms with Crippen LogP contribution < -0.4 is 10.6 Å². The number of anilines is 2. The van der Waals surface area contributed by atoms with Crippen LogP contribution >= 0.6 is 22.9 Å². The summed E-state index contributed by atoms with van der Waals surface area (Å²) in [5.74, 6) is -1.42. The van der Waals surface area contributed by atoms with Gasteiger partial charge in [0, 0.05) is 4.88 Å². The standard InChI is InChI=1S/C18H16ClF3N2O2S/c19-9-14(25)24-17-15(10-5-1-4-8-13(10)27-17)16(26)23-12-7-3-2-6-11(12)18(20,21)22/h2-3,6-7H,1,4-5,8-9H2,(H,23,26)(H,24,25). The number of benzene rings is 1. The van der Waals surface area contributed by atoms with Crippen molar-refractivity contribution >= 4 is 45.4 Å². The van der Waals surface area contributed by atoms with Crippen LogP contribution in [0.25, 0.3) is 0 Å². The fraction of sp³-hybridized carbons (Fsp3) is 0.333. The van der Waals surface area contributed by atoms with E-state index in [-0.39, 0.29) is 17.1 Å². The molecule has 2 amide bonds. The molecule has 1 aromatic heterocycles. The Labute approximate surface area is 162 Å². The van der Waals surface area contributed by atoms with E-state index in [9.17, 15) is 22.8 Å². The highest BCUT2D eigenvalue weighted by molar-refractivity contribution is 7.17. The number of amides is 2. The van der Waals surface area contributed by atoms with Crippen molar-refractivity contribution in [1.29, 1.82) is 0 Å². The Morgan fingerprint density at radius 2 is 1.81 bits per heavy atom. The van der Waals surface area contributed by atoms with Crippen LogP contribution in [-0.2, 0) is 23.8 Å². The number of nitrogens with one attached hydrogen (secondary N) is 2. The molecule has 3 rings (SSSR count). The number of hydrogen-bond donors (Lipinski definition) is 2.